The van der Waals surface area contributed by atoms with Gasteiger partial charge in [-0.25, -0.2) is 22.2 Å². The van der Waals surface area contributed by atoms with Gasteiger partial charge in [-0.05, 0) is 87.9 Å². The molecule has 2 atom stereocenters. The number of halogens is 3. The van der Waals surface area contributed by atoms with Crippen molar-refractivity contribution in [2.24, 2.45) is 23.3 Å². The van der Waals surface area contributed by atoms with Crippen LogP contribution in [0.3, 0.4) is 0 Å². The van der Waals surface area contributed by atoms with Crippen molar-refractivity contribution in [3.05, 3.63) is 47.1 Å². The topological polar surface area (TPSA) is 158 Å². The summed E-state index contributed by atoms with van der Waals surface area (Å²) in [5, 5.41) is 2.93. The fourth-order valence-electron chi connectivity index (χ4n) is 7.93. The van der Waals surface area contributed by atoms with Crippen molar-refractivity contribution in [1.82, 2.24) is 19.5 Å². The van der Waals surface area contributed by atoms with Gasteiger partial charge in [-0.3, -0.25) is 9.59 Å². The number of alkyl halides is 2. The number of benzene rings is 1. The van der Waals surface area contributed by atoms with Gasteiger partial charge < -0.3 is 31.5 Å². The Morgan fingerprint density at radius 1 is 0.980 bits per heavy atom. The largest absolute Gasteiger partial charge is 0.356 e. The van der Waals surface area contributed by atoms with E-state index in [1.165, 1.54) is 28.6 Å². The number of sulfonamides is 1. The Hall–Kier alpha value is -2.95. The zero-order valence-corrected chi connectivity index (χ0v) is 30.4. The standard InChI is InChI=1S/C35H49ClF2N8O4S/c36-31-19-26(35(37,38)25-6-4-24(5-7-25)34(48)41-12-2-13-43-22-27(39)21-28(40)23-43)20-32(42-31)44-15-17-45(18-16-44)51(49,50)30-10-8-29(9-11-30)46-14-1-3-33(46)47/h8-11,19-20,24-25,27-28H,1-7,12-18,21-23,39-40H2,(H,41,48)/t24-,25-,27-,28+. The third kappa shape index (κ3) is 8.82. The van der Waals surface area contributed by atoms with Crippen molar-refractivity contribution < 1.29 is 26.8 Å². The highest BCUT2D eigenvalue weighted by molar-refractivity contribution is 7.89. The van der Waals surface area contributed by atoms with Crippen LogP contribution >= 0.6 is 11.6 Å². The Bertz CT molecular complexity index is 1640. The number of hydrogen-bond donors (Lipinski definition) is 3. The predicted octanol–water partition coefficient (Wildman–Crippen LogP) is 3.14. The van der Waals surface area contributed by atoms with E-state index in [0.29, 0.717) is 38.0 Å². The Labute approximate surface area is 303 Å². The maximum absolute atomic E-state index is 16.0. The van der Waals surface area contributed by atoms with Crippen LogP contribution in [0.25, 0.3) is 0 Å². The number of amides is 2. The summed E-state index contributed by atoms with van der Waals surface area (Å²) >= 11 is 6.28. The van der Waals surface area contributed by atoms with Crippen LogP contribution < -0.4 is 26.6 Å². The number of carbonyl (C=O) groups excluding carboxylic acids is 2. The number of carbonyl (C=O) groups is 2. The Kier molecular flexibility index (Phi) is 11.8. The highest BCUT2D eigenvalue weighted by Gasteiger charge is 2.44. The van der Waals surface area contributed by atoms with Crippen LogP contribution in [0.15, 0.2) is 41.3 Å². The van der Waals surface area contributed by atoms with Crippen molar-refractivity contribution in [2.75, 3.05) is 68.7 Å². The van der Waals surface area contributed by atoms with Crippen molar-refractivity contribution >= 4 is 44.9 Å². The first-order valence-electron chi connectivity index (χ1n) is 18.0. The highest BCUT2D eigenvalue weighted by Crippen LogP contribution is 2.46. The molecule has 0 bridgehead atoms. The summed E-state index contributed by atoms with van der Waals surface area (Å²) in [7, 11) is -3.80. The van der Waals surface area contributed by atoms with Gasteiger partial charge in [0.15, 0.2) is 0 Å². The van der Waals surface area contributed by atoms with Crippen LogP contribution in [-0.2, 0) is 25.5 Å². The van der Waals surface area contributed by atoms with E-state index in [4.69, 9.17) is 23.1 Å². The molecular weight excluding hydrogens is 702 g/mol. The minimum atomic E-state index is -3.80. The van der Waals surface area contributed by atoms with Gasteiger partial charge >= 0.3 is 0 Å². The predicted molar refractivity (Wildman–Crippen MR) is 192 cm³/mol. The summed E-state index contributed by atoms with van der Waals surface area (Å²) < 4.78 is 60.2. The minimum Gasteiger partial charge on any atom is -0.356 e. The molecule has 3 aliphatic heterocycles. The molecule has 1 aromatic heterocycles. The molecule has 0 radical (unpaired) electrons. The van der Waals surface area contributed by atoms with Gasteiger partial charge in [0.05, 0.1) is 4.90 Å². The summed E-state index contributed by atoms with van der Waals surface area (Å²) in [4.78, 5) is 35.0. The zero-order chi connectivity index (χ0) is 36.3. The van der Waals surface area contributed by atoms with Crippen LogP contribution in [0.2, 0.25) is 5.15 Å². The van der Waals surface area contributed by atoms with Crippen LogP contribution in [0.5, 0.6) is 0 Å². The molecule has 1 saturated carbocycles. The SMILES string of the molecule is N[C@@H]1C[C@H](N)CN(CCCNC(=O)[C@H]2CC[C@H](C(F)(F)c3cc(Cl)nc(N4CCN(S(=O)(=O)c5ccc(N6CCCC6=O)cc5)CC4)c3)CC2)C1. The van der Waals surface area contributed by atoms with Gasteiger partial charge in [0, 0.05) is 93.9 Å². The van der Waals surface area contributed by atoms with E-state index in [-0.39, 0.29) is 90.3 Å². The van der Waals surface area contributed by atoms with E-state index in [9.17, 15) is 18.0 Å². The smallest absolute Gasteiger partial charge is 0.276 e. The highest BCUT2D eigenvalue weighted by atomic mass is 35.5. The monoisotopic (exact) mass is 750 g/mol. The van der Waals surface area contributed by atoms with E-state index in [2.05, 4.69) is 15.2 Å². The maximum atomic E-state index is 16.0. The molecular formula is C35H49ClF2N8O4S. The molecule has 5 N–H and O–H groups in total. The second-order valence-electron chi connectivity index (χ2n) is 14.4. The van der Waals surface area contributed by atoms with E-state index in [0.717, 1.165) is 38.9 Å². The molecule has 0 spiro atoms. The molecule has 51 heavy (non-hydrogen) atoms. The third-order valence-electron chi connectivity index (χ3n) is 10.7. The van der Waals surface area contributed by atoms with Crippen LogP contribution in [0, 0.1) is 11.8 Å². The molecule has 12 nitrogen and oxygen atoms in total. The number of nitrogens with one attached hydrogen (secondary N) is 1. The third-order valence-corrected chi connectivity index (χ3v) is 12.8. The first-order chi connectivity index (χ1) is 24.3. The first kappa shape index (κ1) is 37.8. The van der Waals surface area contributed by atoms with Gasteiger partial charge in [0.1, 0.15) is 11.0 Å². The number of aromatic nitrogens is 1. The molecule has 280 valence electrons. The Balaban J connectivity index is 0.993. The van der Waals surface area contributed by atoms with Crippen molar-refractivity contribution in [2.45, 2.75) is 74.3 Å². The molecule has 4 fully saturated rings. The number of anilines is 2. The van der Waals surface area contributed by atoms with Gasteiger partial charge in [-0.2, -0.15) is 4.31 Å². The molecule has 4 heterocycles. The number of nitrogens with two attached hydrogens (primary N) is 2. The average molecular weight is 751 g/mol. The fourth-order valence-corrected chi connectivity index (χ4v) is 9.56. The van der Waals surface area contributed by atoms with Gasteiger partial charge in [0.25, 0.3) is 5.92 Å². The van der Waals surface area contributed by atoms with Crippen molar-refractivity contribution in [3.63, 3.8) is 0 Å². The summed E-state index contributed by atoms with van der Waals surface area (Å²) in [6.45, 7) is 4.30. The van der Waals surface area contributed by atoms with E-state index < -0.39 is 21.9 Å². The van der Waals surface area contributed by atoms with Crippen LogP contribution in [0.4, 0.5) is 20.3 Å². The lowest BCUT2D eigenvalue weighted by atomic mass is 9.77. The summed E-state index contributed by atoms with van der Waals surface area (Å²) in [5.41, 5.74) is 12.6. The molecule has 1 aliphatic carbocycles. The molecule has 6 rings (SSSR count). The number of nitrogens with zero attached hydrogens (tertiary/aromatic N) is 5. The van der Waals surface area contributed by atoms with E-state index >= 15 is 8.78 Å². The Morgan fingerprint density at radius 3 is 2.27 bits per heavy atom. The maximum Gasteiger partial charge on any atom is 0.276 e. The lowest BCUT2D eigenvalue weighted by Gasteiger charge is -2.36. The van der Waals surface area contributed by atoms with Gasteiger partial charge in [-0.1, -0.05) is 11.6 Å². The number of rotatable bonds is 11. The number of piperazine rings is 1. The summed E-state index contributed by atoms with van der Waals surface area (Å²) in [6.07, 6.45) is 4.01. The van der Waals surface area contributed by atoms with E-state index in [1.54, 1.807) is 21.9 Å². The molecule has 16 heteroatoms. The van der Waals surface area contributed by atoms with Crippen LogP contribution in [0.1, 0.15) is 56.9 Å². The zero-order valence-electron chi connectivity index (χ0n) is 28.9. The van der Waals surface area contributed by atoms with E-state index in [1.807, 2.05) is 0 Å². The second kappa shape index (κ2) is 16.0. The number of hydrogen-bond acceptors (Lipinski definition) is 9. The van der Waals surface area contributed by atoms with Crippen molar-refractivity contribution in [3.8, 4) is 0 Å². The Morgan fingerprint density at radius 2 is 1.65 bits per heavy atom. The fraction of sp³-hybridized carbons (Fsp3) is 0.629. The number of pyridine rings is 1. The number of likely N-dealkylation sites (tertiary alicyclic amines) is 1. The van der Waals surface area contributed by atoms with Gasteiger partial charge in [0.2, 0.25) is 21.8 Å². The lowest BCUT2D eigenvalue weighted by molar-refractivity contribution is -0.129. The normalized spacial score (nSPS) is 25.7. The number of piperidine rings is 1. The lowest BCUT2D eigenvalue weighted by Crippen LogP contribution is -2.52. The summed E-state index contributed by atoms with van der Waals surface area (Å²) in [5.74, 6) is -4.22. The molecule has 0 unspecified atom stereocenters. The van der Waals surface area contributed by atoms with Crippen molar-refractivity contribution in [1.29, 1.82) is 0 Å². The first-order valence-corrected chi connectivity index (χ1v) is 19.9. The second-order valence-corrected chi connectivity index (χ2v) is 16.7. The average Bonchev–Trinajstić information content (AvgIpc) is 3.55. The molecule has 2 amide bonds. The minimum absolute atomic E-state index is 0.0252. The summed E-state index contributed by atoms with van der Waals surface area (Å²) in [6, 6.07) is 9.02. The van der Waals surface area contributed by atoms with Crippen LogP contribution in [-0.4, -0.2) is 105 Å². The molecule has 4 aliphatic rings. The molecule has 3 saturated heterocycles. The van der Waals surface area contributed by atoms with Gasteiger partial charge in [-0.15, -0.1) is 0 Å². The quantitative estimate of drug-likeness (QED) is 0.232. The molecule has 2 aromatic rings. The molecule has 1 aromatic carbocycles.